The van der Waals surface area contributed by atoms with E-state index in [1.54, 1.807) is 13.0 Å². The summed E-state index contributed by atoms with van der Waals surface area (Å²) in [6, 6.07) is 5.26. The minimum Gasteiger partial charge on any atom is -0.379 e. The zero-order chi connectivity index (χ0) is 14.6. The van der Waals surface area contributed by atoms with Crippen LogP contribution in [0.5, 0.6) is 0 Å². The second-order valence-electron chi connectivity index (χ2n) is 4.24. The highest BCUT2D eigenvalue weighted by molar-refractivity contribution is 8.00. The summed E-state index contributed by atoms with van der Waals surface area (Å²) in [5.41, 5.74) is 0. The molecule has 8 heteroatoms. The summed E-state index contributed by atoms with van der Waals surface area (Å²) in [6.07, 6.45) is 1.34. The van der Waals surface area contributed by atoms with Crippen molar-refractivity contribution in [1.29, 1.82) is 5.26 Å². The molecule has 108 valence electrons. The number of rotatable bonds is 4. The smallest absolute Gasteiger partial charge is 0.244 e. The minimum absolute atomic E-state index is 0.174. The fourth-order valence-corrected chi connectivity index (χ4v) is 3.76. The van der Waals surface area contributed by atoms with Gasteiger partial charge in [-0.1, -0.05) is 11.8 Å². The van der Waals surface area contributed by atoms with E-state index < -0.39 is 10.0 Å². The average molecular weight is 313 g/mol. The van der Waals surface area contributed by atoms with Gasteiger partial charge in [-0.15, -0.1) is 0 Å². The maximum Gasteiger partial charge on any atom is 0.244 e. The van der Waals surface area contributed by atoms with E-state index in [-0.39, 0.29) is 10.1 Å². The molecule has 1 aromatic heterocycles. The van der Waals surface area contributed by atoms with Gasteiger partial charge in [0, 0.05) is 19.3 Å². The van der Waals surface area contributed by atoms with Crippen molar-refractivity contribution in [3.63, 3.8) is 0 Å². The van der Waals surface area contributed by atoms with E-state index in [0.717, 1.165) is 0 Å². The predicted molar refractivity (Wildman–Crippen MR) is 74.7 cm³/mol. The van der Waals surface area contributed by atoms with E-state index in [9.17, 15) is 8.42 Å². The Balaban J connectivity index is 2.14. The molecule has 0 amide bonds. The van der Waals surface area contributed by atoms with Gasteiger partial charge in [-0.3, -0.25) is 0 Å². The fraction of sp³-hybridized carbons (Fsp3) is 0.500. The van der Waals surface area contributed by atoms with Gasteiger partial charge in [0.1, 0.15) is 4.90 Å². The van der Waals surface area contributed by atoms with Crippen molar-refractivity contribution in [3.8, 4) is 6.07 Å². The van der Waals surface area contributed by atoms with Gasteiger partial charge in [0.25, 0.3) is 0 Å². The zero-order valence-electron chi connectivity index (χ0n) is 11.0. The third-order valence-corrected chi connectivity index (χ3v) is 5.62. The van der Waals surface area contributed by atoms with Gasteiger partial charge < -0.3 is 4.74 Å². The van der Waals surface area contributed by atoms with Crippen molar-refractivity contribution in [2.24, 2.45) is 0 Å². The number of sulfonamides is 1. The molecule has 0 radical (unpaired) electrons. The molecule has 20 heavy (non-hydrogen) atoms. The first kappa shape index (κ1) is 15.3. The molecule has 1 saturated heterocycles. The van der Waals surface area contributed by atoms with Crippen LogP contribution in [0.3, 0.4) is 0 Å². The maximum absolute atomic E-state index is 12.3. The van der Waals surface area contributed by atoms with E-state index in [1.165, 1.54) is 28.3 Å². The first-order valence-corrected chi connectivity index (χ1v) is 8.46. The average Bonchev–Trinajstić information content (AvgIpc) is 2.48. The summed E-state index contributed by atoms with van der Waals surface area (Å²) >= 11 is 1.30. The van der Waals surface area contributed by atoms with Crippen molar-refractivity contribution in [3.05, 3.63) is 18.3 Å². The molecular weight excluding hydrogens is 298 g/mol. The van der Waals surface area contributed by atoms with Gasteiger partial charge in [-0.05, 0) is 19.1 Å². The van der Waals surface area contributed by atoms with E-state index in [0.29, 0.717) is 31.3 Å². The number of pyridine rings is 1. The molecule has 1 fully saturated rings. The summed E-state index contributed by atoms with van der Waals surface area (Å²) in [6.45, 7) is 3.33. The van der Waals surface area contributed by atoms with E-state index in [1.807, 2.05) is 0 Å². The van der Waals surface area contributed by atoms with Crippen LogP contribution < -0.4 is 0 Å². The van der Waals surface area contributed by atoms with Gasteiger partial charge in [0.05, 0.1) is 29.6 Å². The third kappa shape index (κ3) is 3.49. The lowest BCUT2D eigenvalue weighted by atomic mass is 10.5. The molecule has 2 heterocycles. The summed E-state index contributed by atoms with van der Waals surface area (Å²) in [4.78, 5) is 4.28. The lowest BCUT2D eigenvalue weighted by molar-refractivity contribution is 0.0730. The number of aromatic nitrogens is 1. The van der Waals surface area contributed by atoms with E-state index in [2.05, 4.69) is 11.1 Å². The lowest BCUT2D eigenvalue weighted by Gasteiger charge is -2.25. The van der Waals surface area contributed by atoms with E-state index >= 15 is 0 Å². The Labute approximate surface area is 122 Å². The molecule has 1 aliphatic rings. The molecule has 2 rings (SSSR count). The first-order valence-electron chi connectivity index (χ1n) is 6.14. The fourth-order valence-electron chi connectivity index (χ4n) is 1.73. The maximum atomic E-state index is 12.3. The topological polar surface area (TPSA) is 83.3 Å². The van der Waals surface area contributed by atoms with Crippen molar-refractivity contribution in [2.45, 2.75) is 22.1 Å². The number of ether oxygens (including phenoxy) is 1. The molecule has 1 aliphatic heterocycles. The van der Waals surface area contributed by atoms with Crippen LogP contribution in [-0.4, -0.2) is 49.3 Å². The summed E-state index contributed by atoms with van der Waals surface area (Å²) in [5.74, 6) is 0. The van der Waals surface area contributed by atoms with Gasteiger partial charge in [-0.2, -0.15) is 9.57 Å². The van der Waals surface area contributed by atoms with E-state index in [4.69, 9.17) is 10.00 Å². The van der Waals surface area contributed by atoms with Gasteiger partial charge in [-0.25, -0.2) is 13.4 Å². The Bertz CT molecular complexity index is 589. The van der Waals surface area contributed by atoms with Crippen LogP contribution in [0.2, 0.25) is 0 Å². The standard InChI is InChI=1S/C12H15N3O3S2/c1-10(8-13)19-12-3-2-11(9-14-12)20(16,17)15-4-6-18-7-5-15/h2-3,9-10H,4-7H2,1H3/t10-/m1/s1. The summed E-state index contributed by atoms with van der Waals surface area (Å²) in [7, 11) is -3.50. The molecule has 0 aromatic carbocycles. The molecule has 6 nitrogen and oxygen atoms in total. The molecule has 0 bridgehead atoms. The number of nitrogens with zero attached hydrogens (tertiary/aromatic N) is 3. The first-order chi connectivity index (χ1) is 9.54. The summed E-state index contributed by atoms with van der Waals surface area (Å²) in [5, 5.41) is 9.16. The van der Waals surface area contributed by atoms with Gasteiger partial charge in [0.2, 0.25) is 10.0 Å². The molecule has 0 N–H and O–H groups in total. The number of nitriles is 1. The molecule has 0 unspecified atom stereocenters. The molecule has 0 saturated carbocycles. The normalized spacial score (nSPS) is 18.4. The third-order valence-electron chi connectivity index (χ3n) is 2.80. The highest BCUT2D eigenvalue weighted by atomic mass is 32.2. The largest absolute Gasteiger partial charge is 0.379 e. The van der Waals surface area contributed by atoms with Crippen LogP contribution in [-0.2, 0) is 14.8 Å². The van der Waals surface area contributed by atoms with Crippen LogP contribution in [0.25, 0.3) is 0 Å². The Kier molecular flexibility index (Phi) is 4.99. The lowest BCUT2D eigenvalue weighted by Crippen LogP contribution is -2.40. The van der Waals surface area contributed by atoms with Crippen LogP contribution in [0.15, 0.2) is 28.3 Å². The zero-order valence-corrected chi connectivity index (χ0v) is 12.7. The minimum atomic E-state index is -3.50. The van der Waals surface area contributed by atoms with Crippen molar-refractivity contribution in [1.82, 2.24) is 9.29 Å². The van der Waals surface area contributed by atoms with Crippen molar-refractivity contribution >= 4 is 21.8 Å². The van der Waals surface area contributed by atoms with Crippen LogP contribution in [0.1, 0.15) is 6.92 Å². The van der Waals surface area contributed by atoms with Crippen LogP contribution >= 0.6 is 11.8 Å². The Hall–Kier alpha value is -1.14. The predicted octanol–water partition coefficient (Wildman–Crippen LogP) is 1.11. The monoisotopic (exact) mass is 313 g/mol. The number of hydrogen-bond donors (Lipinski definition) is 0. The van der Waals surface area contributed by atoms with Gasteiger partial charge >= 0.3 is 0 Å². The Morgan fingerprint density at radius 3 is 2.70 bits per heavy atom. The number of morpholine rings is 1. The molecule has 1 atom stereocenters. The Morgan fingerprint density at radius 1 is 1.45 bits per heavy atom. The highest BCUT2D eigenvalue weighted by Gasteiger charge is 2.26. The molecule has 1 aromatic rings. The van der Waals surface area contributed by atoms with Crippen molar-refractivity contribution < 1.29 is 13.2 Å². The Morgan fingerprint density at radius 2 is 2.15 bits per heavy atom. The van der Waals surface area contributed by atoms with Crippen LogP contribution in [0, 0.1) is 11.3 Å². The molecule has 0 spiro atoms. The second kappa shape index (κ2) is 6.54. The highest BCUT2D eigenvalue weighted by Crippen LogP contribution is 2.23. The molecular formula is C12H15N3O3S2. The molecule has 0 aliphatic carbocycles. The van der Waals surface area contributed by atoms with Crippen LogP contribution in [0.4, 0.5) is 0 Å². The summed E-state index contributed by atoms with van der Waals surface area (Å²) < 4.78 is 31.2. The van der Waals surface area contributed by atoms with Gasteiger partial charge in [0.15, 0.2) is 0 Å². The second-order valence-corrected chi connectivity index (χ2v) is 7.54. The number of thioether (sulfide) groups is 1. The van der Waals surface area contributed by atoms with Crippen molar-refractivity contribution in [2.75, 3.05) is 26.3 Å². The quantitative estimate of drug-likeness (QED) is 0.774. The SMILES string of the molecule is C[C@H](C#N)Sc1ccc(S(=O)(=O)N2CCOCC2)cn1. The number of hydrogen-bond acceptors (Lipinski definition) is 6.